The van der Waals surface area contributed by atoms with Crippen LogP contribution < -0.4 is 5.32 Å². The molecule has 2 N–H and O–H groups in total. The van der Waals surface area contributed by atoms with Crippen LogP contribution >= 0.6 is 0 Å². The van der Waals surface area contributed by atoms with E-state index in [2.05, 4.69) is 5.32 Å². The normalized spacial score (nSPS) is 14.9. The average Bonchev–Trinajstić information content (AvgIpc) is 2.21. The first kappa shape index (κ1) is 13.1. The SMILES string of the molecule is Cc1cc(C(C)NCC(C)O)cc(C)c1F. The van der Waals surface area contributed by atoms with E-state index in [9.17, 15) is 9.50 Å². The summed E-state index contributed by atoms with van der Waals surface area (Å²) >= 11 is 0. The molecule has 0 aliphatic rings. The number of benzene rings is 1. The molecule has 0 fully saturated rings. The van der Waals surface area contributed by atoms with Crippen LogP contribution in [0.3, 0.4) is 0 Å². The molecule has 0 radical (unpaired) electrons. The van der Waals surface area contributed by atoms with Crippen molar-refractivity contribution >= 4 is 0 Å². The van der Waals surface area contributed by atoms with E-state index < -0.39 is 0 Å². The Morgan fingerprint density at radius 3 is 2.19 bits per heavy atom. The van der Waals surface area contributed by atoms with Crippen LogP contribution in [0.4, 0.5) is 4.39 Å². The smallest absolute Gasteiger partial charge is 0.129 e. The van der Waals surface area contributed by atoms with Crippen molar-refractivity contribution in [2.45, 2.75) is 39.8 Å². The minimum atomic E-state index is -0.370. The molecule has 2 nitrogen and oxygen atoms in total. The summed E-state index contributed by atoms with van der Waals surface area (Å²) in [6.45, 7) is 7.83. The van der Waals surface area contributed by atoms with Crippen LogP contribution in [0.5, 0.6) is 0 Å². The van der Waals surface area contributed by atoms with Gasteiger partial charge in [-0.05, 0) is 44.4 Å². The molecule has 0 spiro atoms. The van der Waals surface area contributed by atoms with Crippen molar-refractivity contribution in [1.29, 1.82) is 0 Å². The number of halogens is 1. The minimum absolute atomic E-state index is 0.118. The van der Waals surface area contributed by atoms with Gasteiger partial charge in [0.1, 0.15) is 5.82 Å². The predicted octanol–water partition coefficient (Wildman–Crippen LogP) is 2.47. The van der Waals surface area contributed by atoms with Crippen molar-refractivity contribution in [3.63, 3.8) is 0 Å². The molecule has 0 aliphatic carbocycles. The zero-order valence-electron chi connectivity index (χ0n) is 10.3. The summed E-state index contributed by atoms with van der Waals surface area (Å²) in [5, 5.41) is 12.4. The van der Waals surface area contributed by atoms with E-state index >= 15 is 0 Å². The molecule has 0 saturated carbocycles. The van der Waals surface area contributed by atoms with Gasteiger partial charge in [-0.15, -0.1) is 0 Å². The summed E-state index contributed by atoms with van der Waals surface area (Å²) in [6.07, 6.45) is -0.370. The Morgan fingerprint density at radius 2 is 1.75 bits per heavy atom. The van der Waals surface area contributed by atoms with Crippen molar-refractivity contribution in [2.75, 3.05) is 6.54 Å². The van der Waals surface area contributed by atoms with E-state index in [1.807, 2.05) is 19.1 Å². The lowest BCUT2D eigenvalue weighted by Gasteiger charge is -2.17. The molecular formula is C13H20FNO. The summed E-state index contributed by atoms with van der Waals surface area (Å²) < 4.78 is 13.4. The van der Waals surface area contributed by atoms with E-state index in [0.29, 0.717) is 17.7 Å². The quantitative estimate of drug-likeness (QED) is 0.825. The Bertz CT molecular complexity index is 340. The van der Waals surface area contributed by atoms with Crippen molar-refractivity contribution in [3.05, 3.63) is 34.6 Å². The third-order valence-electron chi connectivity index (χ3n) is 2.68. The van der Waals surface area contributed by atoms with Gasteiger partial charge in [-0.1, -0.05) is 12.1 Å². The maximum atomic E-state index is 13.4. The first-order valence-electron chi connectivity index (χ1n) is 5.60. The van der Waals surface area contributed by atoms with Gasteiger partial charge in [0.25, 0.3) is 0 Å². The molecule has 0 saturated heterocycles. The lowest BCUT2D eigenvalue weighted by molar-refractivity contribution is 0.187. The highest BCUT2D eigenvalue weighted by Crippen LogP contribution is 2.19. The van der Waals surface area contributed by atoms with Gasteiger partial charge in [-0.25, -0.2) is 4.39 Å². The lowest BCUT2D eigenvalue weighted by atomic mass is 10.0. The van der Waals surface area contributed by atoms with Crippen LogP contribution in [-0.2, 0) is 0 Å². The Hall–Kier alpha value is -0.930. The molecule has 1 aromatic carbocycles. The Balaban J connectivity index is 2.80. The number of hydrogen-bond acceptors (Lipinski definition) is 2. The monoisotopic (exact) mass is 225 g/mol. The van der Waals surface area contributed by atoms with Crippen LogP contribution in [0.1, 0.15) is 36.6 Å². The number of aryl methyl sites for hydroxylation is 2. The van der Waals surface area contributed by atoms with E-state index in [0.717, 1.165) is 5.56 Å². The summed E-state index contributed by atoms with van der Waals surface area (Å²) in [7, 11) is 0. The zero-order valence-corrected chi connectivity index (χ0v) is 10.3. The van der Waals surface area contributed by atoms with E-state index in [1.54, 1.807) is 20.8 Å². The molecule has 1 rings (SSSR count). The van der Waals surface area contributed by atoms with Crippen molar-refractivity contribution in [1.82, 2.24) is 5.32 Å². The average molecular weight is 225 g/mol. The number of rotatable bonds is 4. The topological polar surface area (TPSA) is 32.3 Å². The zero-order chi connectivity index (χ0) is 12.3. The Labute approximate surface area is 96.5 Å². The summed E-state index contributed by atoms with van der Waals surface area (Å²) in [4.78, 5) is 0. The fourth-order valence-electron chi connectivity index (χ4n) is 1.69. The van der Waals surface area contributed by atoms with Crippen LogP contribution in [-0.4, -0.2) is 17.8 Å². The van der Waals surface area contributed by atoms with E-state index in [-0.39, 0.29) is 18.0 Å². The first-order chi connectivity index (χ1) is 7.41. The maximum absolute atomic E-state index is 13.4. The van der Waals surface area contributed by atoms with Gasteiger partial charge in [0.15, 0.2) is 0 Å². The highest BCUT2D eigenvalue weighted by atomic mass is 19.1. The molecule has 0 aliphatic heterocycles. The lowest BCUT2D eigenvalue weighted by Crippen LogP contribution is -2.27. The molecule has 0 bridgehead atoms. The second-order valence-corrected chi connectivity index (χ2v) is 4.45. The third-order valence-corrected chi connectivity index (χ3v) is 2.68. The fraction of sp³-hybridized carbons (Fsp3) is 0.538. The maximum Gasteiger partial charge on any atom is 0.129 e. The van der Waals surface area contributed by atoms with Crippen molar-refractivity contribution < 1.29 is 9.50 Å². The second kappa shape index (κ2) is 5.41. The van der Waals surface area contributed by atoms with Gasteiger partial charge in [-0.3, -0.25) is 0 Å². The molecule has 0 heterocycles. The van der Waals surface area contributed by atoms with Gasteiger partial charge in [-0.2, -0.15) is 0 Å². The molecule has 16 heavy (non-hydrogen) atoms. The molecule has 3 heteroatoms. The van der Waals surface area contributed by atoms with Crippen molar-refractivity contribution in [3.8, 4) is 0 Å². The van der Waals surface area contributed by atoms with Crippen LogP contribution in [0.25, 0.3) is 0 Å². The third kappa shape index (κ3) is 3.29. The number of aliphatic hydroxyl groups is 1. The van der Waals surface area contributed by atoms with Crippen molar-refractivity contribution in [2.24, 2.45) is 0 Å². The van der Waals surface area contributed by atoms with Gasteiger partial charge in [0.2, 0.25) is 0 Å². The molecular weight excluding hydrogens is 205 g/mol. The second-order valence-electron chi connectivity index (χ2n) is 4.45. The molecule has 2 atom stereocenters. The fourth-order valence-corrected chi connectivity index (χ4v) is 1.69. The molecule has 1 aromatic rings. The largest absolute Gasteiger partial charge is 0.392 e. The van der Waals surface area contributed by atoms with Gasteiger partial charge >= 0.3 is 0 Å². The van der Waals surface area contributed by atoms with Crippen LogP contribution in [0, 0.1) is 19.7 Å². The highest BCUT2D eigenvalue weighted by molar-refractivity contribution is 5.32. The minimum Gasteiger partial charge on any atom is -0.392 e. The van der Waals surface area contributed by atoms with Gasteiger partial charge < -0.3 is 10.4 Å². The summed E-state index contributed by atoms with van der Waals surface area (Å²) in [5.41, 5.74) is 2.39. The summed E-state index contributed by atoms with van der Waals surface area (Å²) in [6, 6.07) is 3.82. The standard InChI is InChI=1S/C13H20FNO/c1-8-5-12(6-9(2)13(8)14)11(4)15-7-10(3)16/h5-6,10-11,15-16H,7H2,1-4H3. The number of aliphatic hydroxyl groups excluding tert-OH is 1. The molecule has 0 amide bonds. The molecule has 0 aromatic heterocycles. The van der Waals surface area contributed by atoms with Crippen LogP contribution in [0.2, 0.25) is 0 Å². The Morgan fingerprint density at radius 1 is 1.25 bits per heavy atom. The number of hydrogen-bond donors (Lipinski definition) is 2. The molecule has 2 unspecified atom stereocenters. The van der Waals surface area contributed by atoms with Gasteiger partial charge in [0, 0.05) is 12.6 Å². The predicted molar refractivity (Wildman–Crippen MR) is 64.0 cm³/mol. The van der Waals surface area contributed by atoms with E-state index in [4.69, 9.17) is 0 Å². The van der Waals surface area contributed by atoms with Gasteiger partial charge in [0.05, 0.1) is 6.10 Å². The summed E-state index contributed by atoms with van der Waals surface area (Å²) in [5.74, 6) is -0.133. The van der Waals surface area contributed by atoms with Crippen LogP contribution in [0.15, 0.2) is 12.1 Å². The first-order valence-corrected chi connectivity index (χ1v) is 5.60. The molecule has 90 valence electrons. The Kier molecular flexibility index (Phi) is 4.44. The highest BCUT2D eigenvalue weighted by Gasteiger charge is 2.10. The number of nitrogens with one attached hydrogen (secondary N) is 1. The van der Waals surface area contributed by atoms with E-state index in [1.165, 1.54) is 0 Å².